The summed E-state index contributed by atoms with van der Waals surface area (Å²) in [6.45, 7) is 1.75. The van der Waals surface area contributed by atoms with Gasteiger partial charge >= 0.3 is 5.70 Å². The van der Waals surface area contributed by atoms with Crippen molar-refractivity contribution in [2.75, 3.05) is 0 Å². The number of nitrogens with zero attached hydrogens (tertiary/aromatic N) is 2. The Morgan fingerprint density at radius 2 is 1.71 bits per heavy atom. The predicted octanol–water partition coefficient (Wildman–Crippen LogP) is 3.61. The van der Waals surface area contributed by atoms with Crippen molar-refractivity contribution in [3.63, 3.8) is 0 Å². The highest BCUT2D eigenvalue weighted by atomic mass is 16.3. The van der Waals surface area contributed by atoms with E-state index in [0.29, 0.717) is 11.1 Å². The normalized spacial score (nSPS) is 15.1. The van der Waals surface area contributed by atoms with Crippen LogP contribution in [0.1, 0.15) is 32.6 Å². The van der Waals surface area contributed by atoms with E-state index in [9.17, 15) is 25.5 Å². The number of aliphatic hydroxyl groups is 1. The molecule has 2 aromatic carbocycles. The molecular formula is C18H11N2O4+. The lowest BCUT2D eigenvalue weighted by atomic mass is 9.84. The van der Waals surface area contributed by atoms with Gasteiger partial charge in [0.25, 0.3) is 0 Å². The van der Waals surface area contributed by atoms with Crippen LogP contribution >= 0.6 is 0 Å². The van der Waals surface area contributed by atoms with E-state index in [1.165, 1.54) is 24.3 Å². The van der Waals surface area contributed by atoms with Crippen LogP contribution in [-0.2, 0) is 0 Å². The summed E-state index contributed by atoms with van der Waals surface area (Å²) < 4.78 is 0. The Morgan fingerprint density at radius 3 is 2.42 bits per heavy atom. The van der Waals surface area contributed by atoms with Crippen molar-refractivity contribution < 1.29 is 20.1 Å². The van der Waals surface area contributed by atoms with Crippen molar-refractivity contribution in [2.24, 2.45) is 0 Å². The van der Waals surface area contributed by atoms with Gasteiger partial charge in [-0.2, -0.15) is 0 Å². The molecule has 0 spiro atoms. The molecule has 3 N–H and O–H groups in total. The van der Waals surface area contributed by atoms with Crippen LogP contribution in [-0.4, -0.2) is 21.1 Å². The van der Waals surface area contributed by atoms with Crippen LogP contribution in [0.2, 0.25) is 0 Å². The van der Waals surface area contributed by atoms with Crippen molar-refractivity contribution >= 4 is 22.8 Å². The Morgan fingerprint density at radius 1 is 0.958 bits per heavy atom. The molecule has 0 saturated carbocycles. The molecule has 0 radical (unpaired) electrons. The second-order valence-electron chi connectivity index (χ2n) is 5.78. The highest BCUT2D eigenvalue weighted by molar-refractivity contribution is 6.34. The molecule has 0 unspecified atom stereocenters. The molecule has 0 aromatic heterocycles. The Labute approximate surface area is 136 Å². The average molecular weight is 319 g/mol. The third-order valence-corrected chi connectivity index (χ3v) is 4.34. The molecule has 0 aliphatic heterocycles. The minimum Gasteiger partial charge on any atom is -0.507 e. The third-order valence-electron chi connectivity index (χ3n) is 4.34. The Hall–Kier alpha value is -3.59. The summed E-state index contributed by atoms with van der Waals surface area (Å²) in [4.78, 5) is 16.1. The molecule has 6 heteroatoms. The second kappa shape index (κ2) is 4.46. The first-order chi connectivity index (χ1) is 11.5. The number of ketones is 1. The lowest BCUT2D eigenvalue weighted by molar-refractivity contribution is 0.103. The van der Waals surface area contributed by atoms with Crippen LogP contribution in [0, 0.1) is 12.3 Å². The number of Topliss-reactive ketones (excluding diaryl/α,β-unsaturated/α-hetero) is 1. The van der Waals surface area contributed by atoms with Gasteiger partial charge in [0.1, 0.15) is 22.8 Å². The first-order valence-corrected chi connectivity index (χ1v) is 7.20. The van der Waals surface area contributed by atoms with Gasteiger partial charge in [-0.3, -0.25) is 4.79 Å². The molecule has 4 rings (SSSR count). The molecule has 2 aliphatic rings. The van der Waals surface area contributed by atoms with Gasteiger partial charge in [0.05, 0.1) is 11.1 Å². The summed E-state index contributed by atoms with van der Waals surface area (Å²) in [5.41, 5.74) is 1.44. The van der Waals surface area contributed by atoms with Crippen LogP contribution in [0.15, 0.2) is 35.9 Å². The summed E-state index contributed by atoms with van der Waals surface area (Å²) in [5.74, 6) is -1.23. The maximum atomic E-state index is 12.9. The van der Waals surface area contributed by atoms with E-state index in [1.54, 1.807) is 13.0 Å². The zero-order valence-electron chi connectivity index (χ0n) is 12.5. The van der Waals surface area contributed by atoms with Gasteiger partial charge < -0.3 is 15.3 Å². The van der Waals surface area contributed by atoms with Crippen molar-refractivity contribution in [3.8, 4) is 11.5 Å². The number of aryl methyl sites for hydroxylation is 1. The summed E-state index contributed by atoms with van der Waals surface area (Å²) in [7, 11) is 0. The number of aliphatic hydroxyl groups excluding tert-OH is 1. The minimum absolute atomic E-state index is 0.0375. The van der Waals surface area contributed by atoms with Crippen LogP contribution in [0.5, 0.6) is 11.5 Å². The molecule has 6 nitrogen and oxygen atoms in total. The zero-order chi connectivity index (χ0) is 17.2. The predicted molar refractivity (Wildman–Crippen MR) is 86.7 cm³/mol. The number of rotatable bonds is 0. The Bertz CT molecular complexity index is 1070. The van der Waals surface area contributed by atoms with Gasteiger partial charge in [0.2, 0.25) is 11.2 Å². The molecule has 2 aromatic rings. The van der Waals surface area contributed by atoms with E-state index in [4.69, 9.17) is 0 Å². The summed E-state index contributed by atoms with van der Waals surface area (Å²) in [5, 5.41) is 40.4. The summed E-state index contributed by atoms with van der Waals surface area (Å²) in [6.07, 6.45) is 0. The van der Waals surface area contributed by atoms with Crippen LogP contribution in [0.4, 0.5) is 0 Å². The molecule has 116 valence electrons. The number of allylic oxidation sites excluding steroid dienone is 2. The maximum Gasteiger partial charge on any atom is 0.404 e. The van der Waals surface area contributed by atoms with Crippen LogP contribution < -0.4 is 0 Å². The summed E-state index contributed by atoms with van der Waals surface area (Å²) in [6, 6.07) is 7.52. The smallest absolute Gasteiger partial charge is 0.404 e. The van der Waals surface area contributed by atoms with Gasteiger partial charge in [-0.15, -0.1) is 0 Å². The number of carbonyl (C=O) groups is 1. The third kappa shape index (κ3) is 1.53. The van der Waals surface area contributed by atoms with Gasteiger partial charge in [0, 0.05) is 16.7 Å². The first-order valence-electron chi connectivity index (χ1n) is 7.20. The van der Waals surface area contributed by atoms with E-state index in [0.717, 1.165) is 0 Å². The van der Waals surface area contributed by atoms with Crippen molar-refractivity contribution in [3.05, 3.63) is 68.7 Å². The topological polar surface area (TPSA) is 106 Å². The van der Waals surface area contributed by atoms with Crippen molar-refractivity contribution in [2.45, 2.75) is 6.92 Å². The zero-order valence-corrected chi connectivity index (χ0v) is 12.5. The molecule has 0 saturated heterocycles. The van der Waals surface area contributed by atoms with Gasteiger partial charge in [-0.05, 0) is 30.7 Å². The van der Waals surface area contributed by atoms with Crippen LogP contribution in [0.3, 0.4) is 0 Å². The Kier molecular flexibility index (Phi) is 2.61. The highest BCUT2D eigenvalue weighted by Gasteiger charge is 2.47. The molecule has 0 amide bonds. The first kappa shape index (κ1) is 14.0. The van der Waals surface area contributed by atoms with E-state index in [-0.39, 0.29) is 50.8 Å². The number of hydrogen-bond donors (Lipinski definition) is 3. The fraction of sp³-hybridized carbons (Fsp3) is 0.0556. The van der Waals surface area contributed by atoms with Gasteiger partial charge in [0.15, 0.2) is 4.98 Å². The molecule has 0 atom stereocenters. The number of benzene rings is 2. The van der Waals surface area contributed by atoms with E-state index in [2.05, 4.69) is 4.98 Å². The van der Waals surface area contributed by atoms with Crippen molar-refractivity contribution in [1.82, 2.24) is 0 Å². The number of hydrogen-bond acceptors (Lipinski definition) is 5. The molecule has 2 aliphatic carbocycles. The van der Waals surface area contributed by atoms with E-state index < -0.39 is 5.78 Å². The van der Waals surface area contributed by atoms with Gasteiger partial charge in [-0.1, -0.05) is 12.1 Å². The minimum atomic E-state index is -0.572. The lowest BCUT2D eigenvalue weighted by Crippen LogP contribution is -2.14. The lowest BCUT2D eigenvalue weighted by Gasteiger charge is -2.18. The number of aromatic hydroxyl groups is 2. The van der Waals surface area contributed by atoms with Gasteiger partial charge in [-0.25, -0.2) is 0 Å². The second-order valence-corrected chi connectivity index (χ2v) is 5.78. The standard InChI is InChI=1S/C18H10N2O4/c1-7-5-9-12(11(22)6-7)14-15(16(9)20-19)18(24)13-8(17(14)23)3-2-4-10(13)21/h2-6,19H,1H3,(H,21,24)/p+1. The highest BCUT2D eigenvalue weighted by Crippen LogP contribution is 2.53. The molecule has 0 heterocycles. The van der Waals surface area contributed by atoms with E-state index in [1.807, 2.05) is 0 Å². The maximum absolute atomic E-state index is 12.9. The number of diazo groups is 1. The Balaban J connectivity index is 2.20. The average Bonchev–Trinajstić information content (AvgIpc) is 2.87. The monoisotopic (exact) mass is 319 g/mol. The molecule has 0 fully saturated rings. The molecule has 24 heavy (non-hydrogen) atoms. The number of carbonyl (C=O) groups excluding carboxylic acids is 1. The quantitative estimate of drug-likeness (QED) is 0.643. The largest absolute Gasteiger partial charge is 0.507 e. The number of phenolic OH excluding ortho intramolecular Hbond substituents is 2. The summed E-state index contributed by atoms with van der Waals surface area (Å²) >= 11 is 0. The molecule has 0 bridgehead atoms. The van der Waals surface area contributed by atoms with Crippen molar-refractivity contribution in [1.29, 1.82) is 5.39 Å². The number of phenols is 2. The van der Waals surface area contributed by atoms with Crippen LogP contribution in [0.25, 0.3) is 22.0 Å². The molecular weight excluding hydrogens is 308 g/mol. The number of fused-ring (bicyclic) bond motifs is 4. The fourth-order valence-corrected chi connectivity index (χ4v) is 3.39. The SMILES string of the molecule is Cc1cc(O)c2c(c1)C([N+]#N)=C1C(=O)c3c(O)cccc3C(O)=C12. The fourth-order valence-electron chi connectivity index (χ4n) is 3.39. The van der Waals surface area contributed by atoms with E-state index >= 15 is 0 Å².